The van der Waals surface area contributed by atoms with Crippen LogP contribution in [-0.2, 0) is 0 Å². The molecule has 1 aromatic rings. The van der Waals surface area contributed by atoms with E-state index < -0.39 is 0 Å². The van der Waals surface area contributed by atoms with Crippen molar-refractivity contribution in [3.8, 4) is 0 Å². The minimum atomic E-state index is 0. The number of aliphatic imine (C=N–C) groups is 1. The maximum atomic E-state index is 6.07. The molecule has 8 heteroatoms. The number of rotatable bonds is 6. The van der Waals surface area contributed by atoms with E-state index in [4.69, 9.17) is 5.73 Å². The Labute approximate surface area is 152 Å². The average Bonchev–Trinajstić information content (AvgIpc) is 3.01. The number of unbranched alkanes of at least 4 members (excludes halogenated alkanes) is 1. The number of nitrogens with zero attached hydrogens (tertiary/aromatic N) is 4. The van der Waals surface area contributed by atoms with Gasteiger partial charge in [-0.2, -0.15) is 11.8 Å². The van der Waals surface area contributed by atoms with Gasteiger partial charge in [0, 0.05) is 44.3 Å². The SMILES string of the molecule is CSCCCCN=C(N)N1CCN(c2nccs2)CC1.I. The molecular weight excluding hydrogens is 417 g/mol. The lowest BCUT2D eigenvalue weighted by Crippen LogP contribution is -2.51. The predicted octanol–water partition coefficient (Wildman–Crippen LogP) is 2.34. The molecule has 0 aliphatic carbocycles. The highest BCUT2D eigenvalue weighted by Crippen LogP contribution is 2.18. The predicted molar refractivity (Wildman–Crippen MR) is 105 cm³/mol. The Morgan fingerprint density at radius 2 is 2.14 bits per heavy atom. The van der Waals surface area contributed by atoms with E-state index >= 15 is 0 Å². The first-order valence-corrected chi connectivity index (χ1v) is 9.27. The van der Waals surface area contributed by atoms with Gasteiger partial charge in [0.1, 0.15) is 0 Å². The van der Waals surface area contributed by atoms with Crippen molar-refractivity contribution < 1.29 is 0 Å². The highest BCUT2D eigenvalue weighted by Gasteiger charge is 2.19. The van der Waals surface area contributed by atoms with E-state index in [1.807, 2.05) is 23.3 Å². The molecule has 21 heavy (non-hydrogen) atoms. The van der Waals surface area contributed by atoms with Crippen LogP contribution < -0.4 is 10.6 Å². The highest BCUT2D eigenvalue weighted by molar-refractivity contribution is 14.0. The zero-order chi connectivity index (χ0) is 14.2. The first-order valence-electron chi connectivity index (χ1n) is 6.99. The quantitative estimate of drug-likeness (QED) is 0.318. The fraction of sp³-hybridized carbons (Fsp3) is 0.692. The van der Waals surface area contributed by atoms with Crippen LogP contribution in [-0.4, -0.2) is 60.6 Å². The summed E-state index contributed by atoms with van der Waals surface area (Å²) in [4.78, 5) is 13.3. The molecule has 1 aliphatic heterocycles. The summed E-state index contributed by atoms with van der Waals surface area (Å²) in [5, 5.41) is 3.13. The van der Waals surface area contributed by atoms with Gasteiger partial charge in [0.05, 0.1) is 0 Å². The summed E-state index contributed by atoms with van der Waals surface area (Å²) < 4.78 is 0. The van der Waals surface area contributed by atoms with Gasteiger partial charge in [-0.15, -0.1) is 35.3 Å². The summed E-state index contributed by atoms with van der Waals surface area (Å²) >= 11 is 3.58. The van der Waals surface area contributed by atoms with Gasteiger partial charge in [-0.25, -0.2) is 4.98 Å². The molecule has 0 spiro atoms. The lowest BCUT2D eigenvalue weighted by Gasteiger charge is -2.35. The summed E-state index contributed by atoms with van der Waals surface area (Å²) in [6, 6.07) is 0. The van der Waals surface area contributed by atoms with Crippen molar-refractivity contribution >= 4 is 58.2 Å². The molecule has 1 aliphatic rings. The van der Waals surface area contributed by atoms with Crippen molar-refractivity contribution in [1.29, 1.82) is 0 Å². The number of halogens is 1. The topological polar surface area (TPSA) is 57.8 Å². The van der Waals surface area contributed by atoms with Crippen LogP contribution >= 0.6 is 47.1 Å². The Balaban J connectivity index is 0.00000220. The van der Waals surface area contributed by atoms with Gasteiger partial charge in [0.2, 0.25) is 0 Å². The summed E-state index contributed by atoms with van der Waals surface area (Å²) in [6.07, 6.45) is 6.34. The van der Waals surface area contributed by atoms with Crippen molar-refractivity contribution in [3.63, 3.8) is 0 Å². The summed E-state index contributed by atoms with van der Waals surface area (Å²) in [5.74, 6) is 1.91. The smallest absolute Gasteiger partial charge is 0.191 e. The van der Waals surface area contributed by atoms with Crippen molar-refractivity contribution in [2.24, 2.45) is 10.7 Å². The molecule has 2 rings (SSSR count). The number of nitrogens with two attached hydrogens (primary N) is 1. The lowest BCUT2D eigenvalue weighted by atomic mass is 10.3. The Kier molecular flexibility index (Phi) is 9.41. The Bertz CT molecular complexity index is 405. The maximum absolute atomic E-state index is 6.07. The number of anilines is 1. The molecule has 0 aromatic carbocycles. The van der Waals surface area contributed by atoms with Gasteiger partial charge in [-0.05, 0) is 24.9 Å². The highest BCUT2D eigenvalue weighted by atomic mass is 127. The van der Waals surface area contributed by atoms with Crippen LogP contribution in [0.25, 0.3) is 0 Å². The second kappa shape index (κ2) is 10.5. The average molecular weight is 441 g/mol. The number of thiazole rings is 1. The van der Waals surface area contributed by atoms with Crippen LogP contribution in [0.15, 0.2) is 16.6 Å². The van der Waals surface area contributed by atoms with E-state index in [9.17, 15) is 0 Å². The number of guanidine groups is 1. The zero-order valence-electron chi connectivity index (χ0n) is 12.4. The Morgan fingerprint density at radius 3 is 2.76 bits per heavy atom. The summed E-state index contributed by atoms with van der Waals surface area (Å²) in [5.41, 5.74) is 6.07. The molecule has 0 unspecified atom stereocenters. The van der Waals surface area contributed by atoms with Crippen LogP contribution in [0, 0.1) is 0 Å². The van der Waals surface area contributed by atoms with Crippen LogP contribution in [0.3, 0.4) is 0 Å². The van der Waals surface area contributed by atoms with E-state index in [1.165, 1.54) is 12.2 Å². The number of piperazine rings is 1. The third-order valence-electron chi connectivity index (χ3n) is 3.32. The van der Waals surface area contributed by atoms with Crippen molar-refractivity contribution in [2.45, 2.75) is 12.8 Å². The number of aromatic nitrogens is 1. The minimum Gasteiger partial charge on any atom is -0.370 e. The van der Waals surface area contributed by atoms with Gasteiger partial charge >= 0.3 is 0 Å². The van der Waals surface area contributed by atoms with E-state index in [1.54, 1.807) is 11.3 Å². The van der Waals surface area contributed by atoms with E-state index in [2.05, 4.69) is 26.0 Å². The Hall–Kier alpha value is -0.220. The van der Waals surface area contributed by atoms with Gasteiger partial charge < -0.3 is 15.5 Å². The second-order valence-electron chi connectivity index (χ2n) is 4.73. The molecule has 1 saturated heterocycles. The first-order chi connectivity index (χ1) is 9.81. The van der Waals surface area contributed by atoms with E-state index in [-0.39, 0.29) is 24.0 Å². The molecule has 2 N–H and O–H groups in total. The van der Waals surface area contributed by atoms with E-state index in [0.29, 0.717) is 5.96 Å². The monoisotopic (exact) mass is 441 g/mol. The lowest BCUT2D eigenvalue weighted by molar-refractivity contribution is 0.380. The fourth-order valence-electron chi connectivity index (χ4n) is 2.15. The van der Waals surface area contributed by atoms with Gasteiger partial charge in [-0.3, -0.25) is 4.99 Å². The molecule has 1 aromatic heterocycles. The molecular formula is C13H24IN5S2. The minimum absolute atomic E-state index is 0. The van der Waals surface area contributed by atoms with Crippen LogP contribution in [0.2, 0.25) is 0 Å². The van der Waals surface area contributed by atoms with Crippen LogP contribution in [0.1, 0.15) is 12.8 Å². The molecule has 0 atom stereocenters. The van der Waals surface area contributed by atoms with Gasteiger partial charge in [0.15, 0.2) is 11.1 Å². The summed E-state index contributed by atoms with van der Waals surface area (Å²) in [6.45, 7) is 4.64. The summed E-state index contributed by atoms with van der Waals surface area (Å²) in [7, 11) is 0. The maximum Gasteiger partial charge on any atom is 0.191 e. The fourth-order valence-corrected chi connectivity index (χ4v) is 3.34. The number of thioether (sulfide) groups is 1. The molecule has 0 bridgehead atoms. The van der Waals surface area contributed by atoms with Crippen LogP contribution in [0.5, 0.6) is 0 Å². The van der Waals surface area contributed by atoms with E-state index in [0.717, 1.165) is 44.3 Å². The first kappa shape index (κ1) is 18.8. The van der Waals surface area contributed by atoms with Gasteiger partial charge in [-0.1, -0.05) is 0 Å². The third-order valence-corrected chi connectivity index (χ3v) is 4.85. The number of hydrogen-bond acceptors (Lipinski definition) is 5. The molecule has 0 radical (unpaired) electrons. The van der Waals surface area contributed by atoms with Crippen molar-refractivity contribution in [1.82, 2.24) is 9.88 Å². The molecule has 120 valence electrons. The number of hydrogen-bond donors (Lipinski definition) is 1. The van der Waals surface area contributed by atoms with Crippen molar-refractivity contribution in [2.75, 3.05) is 49.6 Å². The third kappa shape index (κ3) is 6.19. The van der Waals surface area contributed by atoms with Gasteiger partial charge in [0.25, 0.3) is 0 Å². The molecule has 2 heterocycles. The normalized spacial score (nSPS) is 16.0. The van der Waals surface area contributed by atoms with Crippen molar-refractivity contribution in [3.05, 3.63) is 11.6 Å². The molecule has 5 nitrogen and oxygen atoms in total. The molecule has 0 amide bonds. The Morgan fingerprint density at radius 1 is 1.38 bits per heavy atom. The standard InChI is InChI=1S/C13H23N5S2.HI/c1-19-10-3-2-4-15-12(14)17-6-8-18(9-7-17)13-16-5-11-20-13;/h5,11H,2-4,6-10H2,1H3,(H2,14,15);1H. The largest absolute Gasteiger partial charge is 0.370 e. The zero-order valence-corrected chi connectivity index (χ0v) is 16.4. The molecule has 1 fully saturated rings. The molecule has 0 saturated carbocycles. The van der Waals surface area contributed by atoms with Crippen LogP contribution in [0.4, 0.5) is 5.13 Å². The second-order valence-corrected chi connectivity index (χ2v) is 6.59.